The molecule has 0 fully saturated rings. The van der Waals surface area contributed by atoms with Crippen LogP contribution < -0.4 is 5.32 Å². The standard InChI is InChI=1S/C12H16FNO2S/c1-8(15)9(2)17-7-12(16)14-11-5-3-10(13)4-6-11/h3-6,8-9,15H,7H2,1-2H3,(H,14,16). The molecule has 1 rings (SSSR count). The van der Waals surface area contributed by atoms with E-state index < -0.39 is 6.10 Å². The highest BCUT2D eigenvalue weighted by Gasteiger charge is 2.11. The first-order valence-electron chi connectivity index (χ1n) is 5.34. The number of carbonyl (C=O) groups excluding carboxylic acids is 1. The summed E-state index contributed by atoms with van der Waals surface area (Å²) < 4.78 is 12.6. The zero-order chi connectivity index (χ0) is 12.8. The Balaban J connectivity index is 2.37. The quantitative estimate of drug-likeness (QED) is 0.850. The molecule has 2 unspecified atom stereocenters. The lowest BCUT2D eigenvalue weighted by Gasteiger charge is -2.13. The molecule has 0 aromatic heterocycles. The summed E-state index contributed by atoms with van der Waals surface area (Å²) >= 11 is 1.38. The molecule has 1 aromatic rings. The second-order valence-corrected chi connectivity index (χ2v) is 5.18. The Kier molecular flexibility index (Phi) is 5.44. The second-order valence-electron chi connectivity index (χ2n) is 3.81. The fourth-order valence-electron chi connectivity index (χ4n) is 1.08. The summed E-state index contributed by atoms with van der Waals surface area (Å²) in [6, 6.07) is 5.61. The van der Waals surface area contributed by atoms with Gasteiger partial charge in [-0.3, -0.25) is 4.79 Å². The van der Waals surface area contributed by atoms with Crippen LogP contribution in [0, 0.1) is 5.82 Å². The normalized spacial score (nSPS) is 14.1. The van der Waals surface area contributed by atoms with Crippen molar-refractivity contribution in [2.24, 2.45) is 0 Å². The van der Waals surface area contributed by atoms with E-state index in [0.717, 1.165) is 0 Å². The molecular weight excluding hydrogens is 241 g/mol. The number of hydrogen-bond donors (Lipinski definition) is 2. The fraction of sp³-hybridized carbons (Fsp3) is 0.417. The molecular formula is C12H16FNO2S. The van der Waals surface area contributed by atoms with Crippen LogP contribution in [-0.2, 0) is 4.79 Å². The maximum Gasteiger partial charge on any atom is 0.234 e. The zero-order valence-corrected chi connectivity index (χ0v) is 10.6. The van der Waals surface area contributed by atoms with E-state index in [1.807, 2.05) is 6.92 Å². The Hall–Kier alpha value is -1.07. The molecule has 0 bridgehead atoms. The maximum absolute atomic E-state index is 12.6. The number of amides is 1. The van der Waals surface area contributed by atoms with Gasteiger partial charge in [-0.1, -0.05) is 6.92 Å². The lowest BCUT2D eigenvalue weighted by atomic mass is 10.3. The molecule has 2 atom stereocenters. The summed E-state index contributed by atoms with van der Waals surface area (Å²) in [7, 11) is 0. The Morgan fingerprint density at radius 1 is 1.41 bits per heavy atom. The van der Waals surface area contributed by atoms with Gasteiger partial charge in [0.2, 0.25) is 5.91 Å². The van der Waals surface area contributed by atoms with Gasteiger partial charge < -0.3 is 10.4 Å². The summed E-state index contributed by atoms with van der Waals surface area (Å²) in [6.07, 6.45) is -0.446. The third-order valence-corrected chi connectivity index (χ3v) is 3.63. The Bertz CT molecular complexity index is 367. The van der Waals surface area contributed by atoms with E-state index in [1.165, 1.54) is 36.0 Å². The smallest absolute Gasteiger partial charge is 0.234 e. The van der Waals surface area contributed by atoms with Crippen LogP contribution in [0.5, 0.6) is 0 Å². The largest absolute Gasteiger partial charge is 0.392 e. The number of halogens is 1. The lowest BCUT2D eigenvalue weighted by Crippen LogP contribution is -2.20. The summed E-state index contributed by atoms with van der Waals surface area (Å²) in [6.45, 7) is 3.55. The lowest BCUT2D eigenvalue weighted by molar-refractivity contribution is -0.113. The molecule has 94 valence electrons. The number of thioether (sulfide) groups is 1. The monoisotopic (exact) mass is 257 g/mol. The Morgan fingerprint density at radius 2 is 2.00 bits per heavy atom. The van der Waals surface area contributed by atoms with E-state index in [0.29, 0.717) is 5.69 Å². The minimum atomic E-state index is -0.446. The van der Waals surface area contributed by atoms with Gasteiger partial charge in [-0.25, -0.2) is 4.39 Å². The summed E-state index contributed by atoms with van der Waals surface area (Å²) in [5.74, 6) is -0.224. The number of aliphatic hydroxyl groups is 1. The fourth-order valence-corrected chi connectivity index (χ4v) is 1.84. The molecule has 0 spiro atoms. The van der Waals surface area contributed by atoms with Crippen LogP contribution in [0.4, 0.5) is 10.1 Å². The maximum atomic E-state index is 12.6. The number of rotatable bonds is 5. The van der Waals surface area contributed by atoms with Gasteiger partial charge in [-0.15, -0.1) is 11.8 Å². The van der Waals surface area contributed by atoms with E-state index in [1.54, 1.807) is 6.92 Å². The molecule has 0 aliphatic rings. The molecule has 0 heterocycles. The summed E-state index contributed by atoms with van der Waals surface area (Å²) in [5, 5.41) is 11.9. The molecule has 0 aliphatic carbocycles. The van der Waals surface area contributed by atoms with Crippen molar-refractivity contribution in [2.75, 3.05) is 11.1 Å². The third kappa shape index (κ3) is 5.19. The van der Waals surface area contributed by atoms with Gasteiger partial charge in [0.25, 0.3) is 0 Å². The van der Waals surface area contributed by atoms with Crippen LogP contribution >= 0.6 is 11.8 Å². The van der Waals surface area contributed by atoms with Crippen molar-refractivity contribution in [1.82, 2.24) is 0 Å². The van der Waals surface area contributed by atoms with Gasteiger partial charge in [-0.2, -0.15) is 0 Å². The van der Waals surface area contributed by atoms with Gasteiger partial charge in [-0.05, 0) is 31.2 Å². The van der Waals surface area contributed by atoms with Gasteiger partial charge in [0, 0.05) is 10.9 Å². The minimum Gasteiger partial charge on any atom is -0.392 e. The van der Waals surface area contributed by atoms with Gasteiger partial charge >= 0.3 is 0 Å². The van der Waals surface area contributed by atoms with Crippen molar-refractivity contribution in [3.8, 4) is 0 Å². The predicted octanol–water partition coefficient (Wildman–Crippen LogP) is 2.27. The highest BCUT2D eigenvalue weighted by atomic mass is 32.2. The Morgan fingerprint density at radius 3 is 2.53 bits per heavy atom. The van der Waals surface area contributed by atoms with Crippen LogP contribution in [-0.4, -0.2) is 28.1 Å². The number of aliphatic hydroxyl groups excluding tert-OH is 1. The van der Waals surface area contributed by atoms with Crippen LogP contribution in [0.3, 0.4) is 0 Å². The molecule has 0 aliphatic heterocycles. The SMILES string of the molecule is CC(O)C(C)SCC(=O)Nc1ccc(F)cc1. The molecule has 0 saturated heterocycles. The van der Waals surface area contributed by atoms with Crippen molar-refractivity contribution in [3.63, 3.8) is 0 Å². The first-order valence-corrected chi connectivity index (χ1v) is 6.39. The average molecular weight is 257 g/mol. The predicted molar refractivity (Wildman–Crippen MR) is 68.6 cm³/mol. The first kappa shape index (κ1) is 14.0. The molecule has 2 N–H and O–H groups in total. The number of carbonyl (C=O) groups is 1. The van der Waals surface area contributed by atoms with Gasteiger partial charge in [0.1, 0.15) is 5.82 Å². The van der Waals surface area contributed by atoms with E-state index in [-0.39, 0.29) is 22.7 Å². The van der Waals surface area contributed by atoms with Crippen molar-refractivity contribution >= 4 is 23.4 Å². The number of nitrogens with one attached hydrogen (secondary N) is 1. The van der Waals surface area contributed by atoms with Crippen LogP contribution in [0.25, 0.3) is 0 Å². The highest BCUT2D eigenvalue weighted by molar-refractivity contribution is 8.00. The van der Waals surface area contributed by atoms with Gasteiger partial charge in [0.05, 0.1) is 11.9 Å². The Labute approximate surface area is 104 Å². The van der Waals surface area contributed by atoms with Crippen molar-refractivity contribution in [1.29, 1.82) is 0 Å². The first-order chi connectivity index (χ1) is 7.99. The van der Waals surface area contributed by atoms with Crippen molar-refractivity contribution in [2.45, 2.75) is 25.2 Å². The van der Waals surface area contributed by atoms with Crippen LogP contribution in [0.1, 0.15) is 13.8 Å². The van der Waals surface area contributed by atoms with Gasteiger partial charge in [0.15, 0.2) is 0 Å². The molecule has 0 radical (unpaired) electrons. The third-order valence-electron chi connectivity index (χ3n) is 2.28. The molecule has 17 heavy (non-hydrogen) atoms. The highest BCUT2D eigenvalue weighted by Crippen LogP contribution is 2.15. The topological polar surface area (TPSA) is 49.3 Å². The second kappa shape index (κ2) is 6.61. The molecule has 1 amide bonds. The zero-order valence-electron chi connectivity index (χ0n) is 9.81. The molecule has 3 nitrogen and oxygen atoms in total. The summed E-state index contributed by atoms with van der Waals surface area (Å²) in [5.41, 5.74) is 0.571. The average Bonchev–Trinajstić information content (AvgIpc) is 2.29. The van der Waals surface area contributed by atoms with E-state index in [2.05, 4.69) is 5.32 Å². The summed E-state index contributed by atoms with van der Waals surface area (Å²) in [4.78, 5) is 11.5. The minimum absolute atomic E-state index is 0.00830. The number of anilines is 1. The van der Waals surface area contributed by atoms with Crippen molar-refractivity contribution in [3.05, 3.63) is 30.1 Å². The van der Waals surface area contributed by atoms with E-state index in [4.69, 9.17) is 0 Å². The molecule has 5 heteroatoms. The van der Waals surface area contributed by atoms with E-state index >= 15 is 0 Å². The van der Waals surface area contributed by atoms with E-state index in [9.17, 15) is 14.3 Å². The van der Waals surface area contributed by atoms with Crippen LogP contribution in [0.2, 0.25) is 0 Å². The van der Waals surface area contributed by atoms with Crippen LogP contribution in [0.15, 0.2) is 24.3 Å². The molecule has 0 saturated carbocycles. The number of benzene rings is 1. The van der Waals surface area contributed by atoms with Crippen molar-refractivity contribution < 1.29 is 14.3 Å². The molecule has 1 aromatic carbocycles. The number of hydrogen-bond acceptors (Lipinski definition) is 3.